The number of nitrogens with zero attached hydrogens (tertiary/aromatic N) is 2. The van der Waals surface area contributed by atoms with Gasteiger partial charge in [-0.05, 0) is 48.0 Å². The van der Waals surface area contributed by atoms with E-state index in [1.165, 1.54) is 0 Å². The molecule has 0 aliphatic heterocycles. The molecule has 0 bridgehead atoms. The molecule has 2 aromatic rings. The van der Waals surface area contributed by atoms with Crippen LogP contribution >= 0.6 is 15.9 Å². The van der Waals surface area contributed by atoms with Crippen LogP contribution in [-0.4, -0.2) is 16.1 Å². The van der Waals surface area contributed by atoms with Gasteiger partial charge >= 0.3 is 0 Å². The molecule has 0 amide bonds. The summed E-state index contributed by atoms with van der Waals surface area (Å²) in [6, 6.07) is 9.93. The molecule has 0 spiro atoms. The van der Waals surface area contributed by atoms with Crippen LogP contribution in [0.2, 0.25) is 0 Å². The molecule has 0 fully saturated rings. The summed E-state index contributed by atoms with van der Waals surface area (Å²) in [5, 5.41) is 0. The fourth-order valence-electron chi connectivity index (χ4n) is 1.90. The summed E-state index contributed by atoms with van der Waals surface area (Å²) >= 11 is 3.48. The Kier molecular flexibility index (Phi) is 4.67. The van der Waals surface area contributed by atoms with E-state index in [-0.39, 0.29) is 11.5 Å². The van der Waals surface area contributed by atoms with E-state index >= 15 is 0 Å². The molecule has 21 heavy (non-hydrogen) atoms. The Morgan fingerprint density at radius 3 is 2.43 bits per heavy atom. The van der Waals surface area contributed by atoms with E-state index in [1.807, 2.05) is 44.2 Å². The van der Waals surface area contributed by atoms with Crippen LogP contribution in [-0.2, 0) is 5.41 Å². The zero-order valence-electron chi connectivity index (χ0n) is 13.1. The summed E-state index contributed by atoms with van der Waals surface area (Å²) in [7, 11) is 0. The molecule has 1 aromatic carbocycles. The zero-order valence-corrected chi connectivity index (χ0v) is 14.7. The molecule has 4 heteroatoms. The fraction of sp³-hybridized carbons (Fsp3) is 0.412. The van der Waals surface area contributed by atoms with Crippen LogP contribution in [0.4, 0.5) is 0 Å². The highest BCUT2D eigenvalue weighted by Gasteiger charge is 2.19. The molecule has 0 N–H and O–H groups in total. The van der Waals surface area contributed by atoms with Crippen LogP contribution in [0.1, 0.15) is 40.4 Å². The summed E-state index contributed by atoms with van der Waals surface area (Å²) in [5.74, 6) is 1.68. The number of aromatic nitrogens is 2. The van der Waals surface area contributed by atoms with Crippen molar-refractivity contribution in [1.82, 2.24) is 9.97 Å². The average molecular weight is 349 g/mol. The maximum absolute atomic E-state index is 5.75. The van der Waals surface area contributed by atoms with Crippen LogP contribution in [0.3, 0.4) is 0 Å². The Bertz CT molecular complexity index is 633. The summed E-state index contributed by atoms with van der Waals surface area (Å²) in [5.41, 5.74) is 1.84. The first-order valence-corrected chi connectivity index (χ1v) is 7.87. The third-order valence-corrected chi connectivity index (χ3v) is 3.27. The lowest BCUT2D eigenvalue weighted by Crippen LogP contribution is -2.16. The number of hydrogen-bond donors (Lipinski definition) is 0. The van der Waals surface area contributed by atoms with E-state index in [0.29, 0.717) is 0 Å². The molecule has 0 aliphatic rings. The maximum Gasteiger partial charge on any atom is 0.135 e. The molecular weight excluding hydrogens is 328 g/mol. The summed E-state index contributed by atoms with van der Waals surface area (Å²) in [6.07, 6.45) is 0.155. The van der Waals surface area contributed by atoms with Gasteiger partial charge in [0.05, 0.1) is 11.8 Å². The van der Waals surface area contributed by atoms with Crippen LogP contribution in [0.5, 0.6) is 5.75 Å². The predicted octanol–water partition coefficient (Wildman–Crippen LogP) is 4.99. The van der Waals surface area contributed by atoms with Crippen LogP contribution in [0.15, 0.2) is 34.9 Å². The smallest absolute Gasteiger partial charge is 0.135 e. The highest BCUT2D eigenvalue weighted by molar-refractivity contribution is 9.10. The number of rotatable bonds is 3. The van der Waals surface area contributed by atoms with Crippen molar-refractivity contribution < 1.29 is 4.74 Å². The fourth-order valence-corrected chi connectivity index (χ4v) is 2.29. The molecule has 0 unspecified atom stereocenters. The van der Waals surface area contributed by atoms with Crippen molar-refractivity contribution in [2.45, 2.75) is 46.1 Å². The van der Waals surface area contributed by atoms with Crippen LogP contribution in [0, 0.1) is 0 Å². The topological polar surface area (TPSA) is 35.0 Å². The van der Waals surface area contributed by atoms with E-state index in [0.717, 1.165) is 27.4 Å². The summed E-state index contributed by atoms with van der Waals surface area (Å²) in [4.78, 5) is 9.17. The van der Waals surface area contributed by atoms with Gasteiger partial charge in [-0.1, -0.05) is 32.9 Å². The van der Waals surface area contributed by atoms with Gasteiger partial charge < -0.3 is 4.74 Å². The van der Waals surface area contributed by atoms with Crippen molar-refractivity contribution in [2.24, 2.45) is 0 Å². The Morgan fingerprint density at radius 2 is 1.81 bits per heavy atom. The van der Waals surface area contributed by atoms with Crippen molar-refractivity contribution in [1.29, 1.82) is 0 Å². The third-order valence-electron chi connectivity index (χ3n) is 2.87. The lowest BCUT2D eigenvalue weighted by molar-refractivity contribution is 0.242. The molecule has 1 aromatic heterocycles. The Hall–Kier alpha value is -1.42. The molecule has 0 atom stereocenters. The van der Waals surface area contributed by atoms with Gasteiger partial charge in [0.25, 0.3) is 0 Å². The van der Waals surface area contributed by atoms with Gasteiger partial charge in [0, 0.05) is 11.0 Å². The molecule has 0 saturated carbocycles. The van der Waals surface area contributed by atoms with E-state index in [1.54, 1.807) is 0 Å². The van der Waals surface area contributed by atoms with Crippen molar-refractivity contribution in [3.63, 3.8) is 0 Å². The SMILES string of the molecule is CC(C)Oc1cccc(-c2cc(Br)nc(C(C)(C)C)n2)c1. The zero-order chi connectivity index (χ0) is 15.6. The quantitative estimate of drug-likeness (QED) is 0.732. The maximum atomic E-state index is 5.75. The predicted molar refractivity (Wildman–Crippen MR) is 89.6 cm³/mol. The summed E-state index contributed by atoms with van der Waals surface area (Å²) in [6.45, 7) is 10.4. The number of benzene rings is 1. The minimum absolute atomic E-state index is 0.0927. The molecule has 2 rings (SSSR count). The highest BCUT2D eigenvalue weighted by atomic mass is 79.9. The van der Waals surface area contributed by atoms with Crippen molar-refractivity contribution in [2.75, 3.05) is 0 Å². The van der Waals surface area contributed by atoms with Gasteiger partial charge in [-0.3, -0.25) is 0 Å². The van der Waals surface area contributed by atoms with Gasteiger partial charge in [-0.15, -0.1) is 0 Å². The van der Waals surface area contributed by atoms with Gasteiger partial charge in [0.1, 0.15) is 16.2 Å². The molecule has 0 saturated heterocycles. The van der Waals surface area contributed by atoms with Crippen LogP contribution < -0.4 is 4.74 Å². The van der Waals surface area contributed by atoms with Crippen molar-refractivity contribution in [3.8, 4) is 17.0 Å². The van der Waals surface area contributed by atoms with Gasteiger partial charge in [-0.25, -0.2) is 9.97 Å². The molecule has 3 nitrogen and oxygen atoms in total. The lowest BCUT2D eigenvalue weighted by atomic mass is 9.95. The summed E-state index contributed by atoms with van der Waals surface area (Å²) < 4.78 is 6.55. The Balaban J connectivity index is 2.44. The second-order valence-corrected chi connectivity index (χ2v) is 7.16. The first-order valence-electron chi connectivity index (χ1n) is 7.08. The molecular formula is C17H21BrN2O. The van der Waals surface area contributed by atoms with Gasteiger partial charge in [-0.2, -0.15) is 0 Å². The van der Waals surface area contributed by atoms with E-state index in [4.69, 9.17) is 9.72 Å². The van der Waals surface area contributed by atoms with Crippen molar-refractivity contribution in [3.05, 3.63) is 40.8 Å². The van der Waals surface area contributed by atoms with Gasteiger partial charge in [0.15, 0.2) is 0 Å². The molecule has 0 aliphatic carbocycles. The highest BCUT2D eigenvalue weighted by Crippen LogP contribution is 2.27. The van der Waals surface area contributed by atoms with E-state index in [2.05, 4.69) is 41.7 Å². The largest absolute Gasteiger partial charge is 0.491 e. The number of hydrogen-bond acceptors (Lipinski definition) is 3. The monoisotopic (exact) mass is 348 g/mol. The second-order valence-electron chi connectivity index (χ2n) is 6.34. The second kappa shape index (κ2) is 6.14. The Morgan fingerprint density at radius 1 is 1.10 bits per heavy atom. The third kappa shape index (κ3) is 4.27. The minimum atomic E-state index is -0.0927. The normalized spacial score (nSPS) is 11.8. The lowest BCUT2D eigenvalue weighted by Gasteiger charge is -2.18. The first-order chi connectivity index (χ1) is 9.75. The number of halogens is 1. The van der Waals surface area contributed by atoms with Crippen molar-refractivity contribution >= 4 is 15.9 Å². The Labute approximate surface area is 134 Å². The first kappa shape index (κ1) is 16.0. The van der Waals surface area contributed by atoms with E-state index in [9.17, 15) is 0 Å². The average Bonchev–Trinajstić information content (AvgIpc) is 2.36. The van der Waals surface area contributed by atoms with Crippen LogP contribution in [0.25, 0.3) is 11.3 Å². The van der Waals surface area contributed by atoms with Gasteiger partial charge in [0.2, 0.25) is 0 Å². The number of ether oxygens (including phenoxy) is 1. The standard InChI is InChI=1S/C17H21BrN2O/c1-11(2)21-13-8-6-7-12(9-13)14-10-15(18)20-16(19-14)17(3,4)5/h6-11H,1-5H3. The van der Waals surface area contributed by atoms with E-state index < -0.39 is 0 Å². The molecule has 112 valence electrons. The molecule has 1 heterocycles. The molecule has 0 radical (unpaired) electrons. The minimum Gasteiger partial charge on any atom is -0.491 e.